The second-order valence-electron chi connectivity index (χ2n) is 4.34. The molecule has 1 aliphatic heterocycles. The average Bonchev–Trinajstić information content (AvgIpc) is 2.19. The zero-order chi connectivity index (χ0) is 14.9. The second kappa shape index (κ2) is 5.23. The molecule has 0 unspecified atom stereocenters. The summed E-state index contributed by atoms with van der Waals surface area (Å²) in [6.07, 6.45) is -4.64. The van der Waals surface area contributed by atoms with Crippen molar-refractivity contribution in [3.63, 3.8) is 0 Å². The maximum atomic E-state index is 11.9. The molecule has 0 bridgehead atoms. The van der Waals surface area contributed by atoms with Crippen molar-refractivity contribution in [2.24, 2.45) is 0 Å². The Morgan fingerprint density at radius 2 is 2.00 bits per heavy atom. The largest absolute Gasteiger partial charge is 0.480 e. The molecule has 112 valence electrons. The van der Waals surface area contributed by atoms with Crippen LogP contribution in [-0.4, -0.2) is 61.8 Å². The Kier molecular flexibility index (Phi) is 4.44. The molecule has 7 nitrogen and oxygen atoms in total. The van der Waals surface area contributed by atoms with Gasteiger partial charge in [-0.3, -0.25) is 0 Å². The second-order valence-corrected chi connectivity index (χ2v) is 6.10. The van der Waals surface area contributed by atoms with E-state index in [4.69, 9.17) is 9.84 Å². The number of hydrogen-bond donors (Lipinski definition) is 2. The van der Waals surface area contributed by atoms with E-state index in [1.165, 1.54) is 11.6 Å². The lowest BCUT2D eigenvalue weighted by molar-refractivity contribution is -0.157. The van der Waals surface area contributed by atoms with Gasteiger partial charge in [0.15, 0.2) is 0 Å². The minimum atomic E-state index is -4.64. The van der Waals surface area contributed by atoms with Crippen molar-refractivity contribution in [2.75, 3.05) is 26.2 Å². The number of nitrogens with zero attached hydrogens (tertiary/aromatic N) is 1. The maximum Gasteiger partial charge on any atom is 0.402 e. The van der Waals surface area contributed by atoms with Crippen LogP contribution < -0.4 is 4.72 Å². The first-order chi connectivity index (χ1) is 8.44. The molecule has 1 aliphatic rings. The van der Waals surface area contributed by atoms with E-state index in [9.17, 15) is 26.4 Å². The number of ether oxygens (including phenoxy) is 1. The van der Waals surface area contributed by atoms with E-state index in [1.807, 2.05) is 0 Å². The SMILES string of the molecule is CC1(OCC(=O)O)CN(S(=O)(=O)NCC(F)(F)F)C1. The molecule has 0 aliphatic carbocycles. The van der Waals surface area contributed by atoms with Gasteiger partial charge in [-0.05, 0) is 6.92 Å². The van der Waals surface area contributed by atoms with Gasteiger partial charge in [0.1, 0.15) is 13.2 Å². The third-order valence-corrected chi connectivity index (χ3v) is 3.81. The van der Waals surface area contributed by atoms with Crippen LogP contribution in [0.15, 0.2) is 0 Å². The van der Waals surface area contributed by atoms with Gasteiger partial charge in [-0.1, -0.05) is 0 Å². The van der Waals surface area contributed by atoms with Crippen LogP contribution in [0, 0.1) is 0 Å². The van der Waals surface area contributed by atoms with E-state index in [0.29, 0.717) is 0 Å². The summed E-state index contributed by atoms with van der Waals surface area (Å²) in [7, 11) is -4.23. The lowest BCUT2D eigenvalue weighted by atomic mass is 10.0. The van der Waals surface area contributed by atoms with E-state index >= 15 is 0 Å². The van der Waals surface area contributed by atoms with Crippen molar-refractivity contribution in [3.05, 3.63) is 0 Å². The van der Waals surface area contributed by atoms with Crippen LogP contribution >= 0.6 is 0 Å². The summed E-state index contributed by atoms with van der Waals surface area (Å²) in [6.45, 7) is -1.18. The van der Waals surface area contributed by atoms with E-state index in [0.717, 1.165) is 4.31 Å². The Morgan fingerprint density at radius 3 is 2.42 bits per heavy atom. The molecule has 0 saturated carbocycles. The lowest BCUT2D eigenvalue weighted by Gasteiger charge is -2.45. The molecule has 0 radical (unpaired) electrons. The number of alkyl halides is 3. The van der Waals surface area contributed by atoms with Crippen molar-refractivity contribution in [1.29, 1.82) is 0 Å². The Morgan fingerprint density at radius 1 is 1.47 bits per heavy atom. The molecule has 2 N–H and O–H groups in total. The van der Waals surface area contributed by atoms with E-state index in [-0.39, 0.29) is 13.1 Å². The summed E-state index contributed by atoms with van der Waals surface area (Å²) in [5.74, 6) is -1.21. The Labute approximate surface area is 107 Å². The maximum absolute atomic E-state index is 11.9. The number of rotatable bonds is 6. The van der Waals surface area contributed by atoms with Crippen LogP contribution in [0.25, 0.3) is 0 Å². The van der Waals surface area contributed by atoms with Gasteiger partial charge < -0.3 is 9.84 Å². The summed E-state index contributed by atoms with van der Waals surface area (Å²) in [5, 5.41) is 8.40. The third kappa shape index (κ3) is 4.93. The first kappa shape index (κ1) is 16.1. The van der Waals surface area contributed by atoms with Gasteiger partial charge in [-0.15, -0.1) is 0 Å². The van der Waals surface area contributed by atoms with Crippen LogP contribution in [0.5, 0.6) is 0 Å². The fourth-order valence-electron chi connectivity index (χ4n) is 1.46. The van der Waals surface area contributed by atoms with E-state index in [1.54, 1.807) is 0 Å². The van der Waals surface area contributed by atoms with Gasteiger partial charge in [0.05, 0.1) is 5.60 Å². The molecule has 11 heteroatoms. The number of aliphatic carboxylic acids is 1. The molecule has 1 heterocycles. The molecule has 0 aromatic carbocycles. The topological polar surface area (TPSA) is 95.9 Å². The fourth-order valence-corrected chi connectivity index (χ4v) is 2.88. The first-order valence-electron chi connectivity index (χ1n) is 5.11. The molecular weight excluding hydrogens is 293 g/mol. The van der Waals surface area contributed by atoms with Gasteiger partial charge in [-0.25, -0.2) is 4.79 Å². The summed E-state index contributed by atoms with van der Waals surface area (Å²) < 4.78 is 65.6. The lowest BCUT2D eigenvalue weighted by Crippen LogP contribution is -2.65. The van der Waals surface area contributed by atoms with Gasteiger partial charge >= 0.3 is 12.1 Å². The van der Waals surface area contributed by atoms with Crippen molar-refractivity contribution < 1.29 is 36.2 Å². The van der Waals surface area contributed by atoms with Crippen molar-refractivity contribution in [2.45, 2.75) is 18.7 Å². The summed E-state index contributed by atoms with van der Waals surface area (Å²) >= 11 is 0. The van der Waals surface area contributed by atoms with Crippen LogP contribution in [0.4, 0.5) is 13.2 Å². The molecule has 0 aromatic heterocycles. The van der Waals surface area contributed by atoms with Crippen LogP contribution in [-0.2, 0) is 19.7 Å². The fraction of sp³-hybridized carbons (Fsp3) is 0.875. The normalized spacial score (nSPS) is 20.0. The zero-order valence-electron chi connectivity index (χ0n) is 9.90. The molecule has 19 heavy (non-hydrogen) atoms. The first-order valence-corrected chi connectivity index (χ1v) is 6.55. The molecule has 1 fully saturated rings. The quantitative estimate of drug-likeness (QED) is 0.693. The van der Waals surface area contributed by atoms with Crippen LogP contribution in [0.3, 0.4) is 0 Å². The van der Waals surface area contributed by atoms with Crippen molar-refractivity contribution in [3.8, 4) is 0 Å². The Bertz CT molecular complexity index is 444. The summed E-state index contributed by atoms with van der Waals surface area (Å²) in [4.78, 5) is 10.3. The molecule has 0 atom stereocenters. The number of carbonyl (C=O) groups is 1. The van der Waals surface area contributed by atoms with Crippen LogP contribution in [0.1, 0.15) is 6.92 Å². The molecule has 0 spiro atoms. The van der Waals surface area contributed by atoms with Gasteiger partial charge in [0.2, 0.25) is 0 Å². The molecule has 1 saturated heterocycles. The van der Waals surface area contributed by atoms with Gasteiger partial charge in [-0.2, -0.15) is 30.6 Å². The Hall–Kier alpha value is -0.910. The van der Waals surface area contributed by atoms with E-state index in [2.05, 4.69) is 0 Å². The standard InChI is InChI=1S/C8H13F3N2O5S/c1-7(18-2-6(14)15)4-13(5-7)19(16,17)12-3-8(9,10)11/h12H,2-5H2,1H3,(H,14,15). The minimum Gasteiger partial charge on any atom is -0.480 e. The molecule has 1 rings (SSSR count). The average molecular weight is 306 g/mol. The smallest absolute Gasteiger partial charge is 0.402 e. The number of carboxylic acids is 1. The number of carboxylic acid groups (broad SMARTS) is 1. The number of halogens is 3. The molecule has 0 amide bonds. The highest BCUT2D eigenvalue weighted by Gasteiger charge is 2.46. The minimum absolute atomic E-state index is 0.201. The third-order valence-electron chi connectivity index (χ3n) is 2.36. The van der Waals surface area contributed by atoms with Crippen molar-refractivity contribution in [1.82, 2.24) is 9.03 Å². The van der Waals surface area contributed by atoms with Crippen LogP contribution in [0.2, 0.25) is 0 Å². The van der Waals surface area contributed by atoms with Gasteiger partial charge in [0, 0.05) is 13.1 Å². The number of nitrogens with one attached hydrogen (secondary N) is 1. The van der Waals surface area contributed by atoms with Crippen molar-refractivity contribution >= 4 is 16.2 Å². The predicted molar refractivity (Wildman–Crippen MR) is 56.5 cm³/mol. The zero-order valence-corrected chi connectivity index (χ0v) is 10.7. The van der Waals surface area contributed by atoms with Gasteiger partial charge in [0.25, 0.3) is 10.2 Å². The summed E-state index contributed by atoms with van der Waals surface area (Å²) in [5.41, 5.74) is -0.995. The Balaban J connectivity index is 2.46. The summed E-state index contributed by atoms with van der Waals surface area (Å²) in [6, 6.07) is 0. The number of hydrogen-bond acceptors (Lipinski definition) is 4. The molecular formula is C8H13F3N2O5S. The van der Waals surface area contributed by atoms with E-state index < -0.39 is 41.1 Å². The predicted octanol–water partition coefficient (Wildman–Crippen LogP) is -0.441. The highest BCUT2D eigenvalue weighted by molar-refractivity contribution is 7.87. The highest BCUT2D eigenvalue weighted by atomic mass is 32.2. The molecule has 0 aromatic rings. The highest BCUT2D eigenvalue weighted by Crippen LogP contribution is 2.27. The monoisotopic (exact) mass is 306 g/mol.